The monoisotopic (exact) mass is 846 g/mol. The fraction of sp³-hybridized carbons (Fsp3) is 0.311. The maximum Gasteiger partial charge on any atom is 0.333 e. The molecule has 0 N–H and O–H groups in total. The highest BCUT2D eigenvalue weighted by atomic mass is 16.3. The number of hydrogen-bond acceptors (Lipinski definition) is 2. The van der Waals surface area contributed by atoms with Gasteiger partial charge in [0.25, 0.3) is 0 Å². The van der Waals surface area contributed by atoms with Crippen LogP contribution in [0.15, 0.2) is 120 Å². The van der Waals surface area contributed by atoms with Crippen LogP contribution in [0.2, 0.25) is 0 Å². The van der Waals surface area contributed by atoms with Crippen molar-refractivity contribution in [3.05, 3.63) is 149 Å². The van der Waals surface area contributed by atoms with Crippen LogP contribution in [0.1, 0.15) is 129 Å². The van der Waals surface area contributed by atoms with Gasteiger partial charge in [-0.1, -0.05) is 150 Å². The largest absolute Gasteiger partial charge is 0.456 e. The van der Waals surface area contributed by atoms with Gasteiger partial charge >= 0.3 is 6.85 Å². The first-order valence-electron chi connectivity index (χ1n) is 24.1. The summed E-state index contributed by atoms with van der Waals surface area (Å²) < 4.78 is 9.54. The number of rotatable bonds is 1. The Kier molecular flexibility index (Phi) is 7.43. The van der Waals surface area contributed by atoms with E-state index in [1.54, 1.807) is 0 Å². The molecule has 2 aromatic heterocycles. The van der Waals surface area contributed by atoms with Crippen molar-refractivity contribution in [2.24, 2.45) is 0 Å². The van der Waals surface area contributed by atoms with Crippen molar-refractivity contribution < 1.29 is 4.42 Å². The van der Waals surface area contributed by atoms with E-state index in [1.807, 2.05) is 0 Å². The molecule has 0 radical (unpaired) electrons. The summed E-state index contributed by atoms with van der Waals surface area (Å²) >= 11 is 0. The predicted octanol–water partition coefficient (Wildman–Crippen LogP) is 15.2. The Labute approximate surface area is 384 Å². The van der Waals surface area contributed by atoms with Gasteiger partial charge in [0, 0.05) is 55.7 Å². The molecular formula is C61H59BN2O. The third-order valence-corrected chi connectivity index (χ3v) is 16.7. The van der Waals surface area contributed by atoms with E-state index in [1.165, 1.54) is 124 Å². The van der Waals surface area contributed by atoms with Crippen LogP contribution in [-0.4, -0.2) is 11.4 Å². The van der Waals surface area contributed by atoms with Gasteiger partial charge in [-0.2, -0.15) is 0 Å². The van der Waals surface area contributed by atoms with Crippen LogP contribution in [0.4, 0.5) is 11.4 Å². The standard InChI is InChI=1S/C61H59BN2O/c1-57(2,3)34-21-24-36(25-22-34)64-46-26-23-35(58(4,5)6)29-40(46)52-51-38-18-13-15-19-42(38)61(11,12)54(51)53-41-30-43-44(60(9,10)28-27-59(43,7)8)32-47(41)63-48-33-50-39(37-17-14-16-20-49(37)65-50)31-45(48)62(64)55(52)56(53)63/h13-26,29-33H,27-28H2,1-12H3. The number of nitrogens with zero attached hydrogens (tertiary/aromatic N) is 2. The van der Waals surface area contributed by atoms with Crippen molar-refractivity contribution >= 4 is 72.9 Å². The van der Waals surface area contributed by atoms with Crippen LogP contribution >= 0.6 is 0 Å². The fourth-order valence-electron chi connectivity index (χ4n) is 13.0. The van der Waals surface area contributed by atoms with Gasteiger partial charge in [0.2, 0.25) is 0 Å². The molecule has 4 heterocycles. The molecule has 7 aromatic carbocycles. The Bertz CT molecular complexity index is 3600. The van der Waals surface area contributed by atoms with Crippen molar-refractivity contribution in [2.75, 3.05) is 4.81 Å². The SMILES string of the molecule is CC(C)(C)c1ccc(N2B3c4cc5c(cc4-n4c6cc7c(cc6c6c8c(c(c3c64)-c3cc(C(C)(C)C)ccc32)-c2ccccc2C8(C)C)C(C)(C)CCC7(C)C)oc2ccccc25)cc1. The summed E-state index contributed by atoms with van der Waals surface area (Å²) in [7, 11) is 0. The quantitative estimate of drug-likeness (QED) is 0.154. The molecule has 2 aliphatic heterocycles. The maximum atomic E-state index is 6.83. The van der Waals surface area contributed by atoms with E-state index in [-0.39, 0.29) is 33.9 Å². The summed E-state index contributed by atoms with van der Waals surface area (Å²) in [5, 5.41) is 5.11. The van der Waals surface area contributed by atoms with Gasteiger partial charge in [0.1, 0.15) is 11.2 Å². The van der Waals surface area contributed by atoms with E-state index in [4.69, 9.17) is 4.42 Å². The van der Waals surface area contributed by atoms with Gasteiger partial charge in [-0.25, -0.2) is 0 Å². The second-order valence-electron chi connectivity index (χ2n) is 24.0. The molecule has 0 bridgehead atoms. The predicted molar refractivity (Wildman–Crippen MR) is 277 cm³/mol. The molecule has 3 nitrogen and oxygen atoms in total. The molecule has 0 fully saturated rings. The van der Waals surface area contributed by atoms with E-state index in [2.05, 4.69) is 208 Å². The van der Waals surface area contributed by atoms with E-state index in [0.29, 0.717) is 0 Å². The van der Waals surface area contributed by atoms with Crippen LogP contribution in [0.25, 0.3) is 71.7 Å². The summed E-state index contributed by atoms with van der Waals surface area (Å²) in [6.45, 7) is 28.8. The number of aromatic nitrogens is 1. The zero-order chi connectivity index (χ0) is 45.1. The van der Waals surface area contributed by atoms with Crippen LogP contribution < -0.4 is 15.7 Å². The molecule has 65 heavy (non-hydrogen) atoms. The molecule has 0 saturated carbocycles. The minimum absolute atomic E-state index is 0.0358. The number of fused-ring (bicyclic) bond motifs is 17. The first-order chi connectivity index (χ1) is 30.8. The topological polar surface area (TPSA) is 21.3 Å². The molecule has 0 amide bonds. The Morgan fingerprint density at radius 3 is 1.94 bits per heavy atom. The van der Waals surface area contributed by atoms with Gasteiger partial charge in [0.05, 0.1) is 11.0 Å². The van der Waals surface area contributed by atoms with Crippen molar-refractivity contribution in [3.8, 4) is 27.9 Å². The number of benzene rings is 7. The number of anilines is 2. The maximum absolute atomic E-state index is 6.83. The van der Waals surface area contributed by atoms with Gasteiger partial charge in [-0.05, 0) is 138 Å². The average Bonchev–Trinajstić information content (AvgIpc) is 3.88. The van der Waals surface area contributed by atoms with Crippen LogP contribution in [0.5, 0.6) is 0 Å². The van der Waals surface area contributed by atoms with Gasteiger partial charge in [-0.15, -0.1) is 0 Å². The van der Waals surface area contributed by atoms with Crippen LogP contribution in [0, 0.1) is 0 Å². The van der Waals surface area contributed by atoms with Crippen molar-refractivity contribution in [3.63, 3.8) is 0 Å². The normalized spacial score (nSPS) is 17.4. The second-order valence-corrected chi connectivity index (χ2v) is 24.0. The molecule has 2 aliphatic carbocycles. The number of hydrogen-bond donors (Lipinski definition) is 0. The summed E-state index contributed by atoms with van der Waals surface area (Å²) in [4.78, 5) is 2.71. The molecule has 4 heteroatoms. The molecule has 0 unspecified atom stereocenters. The molecule has 0 spiro atoms. The second kappa shape index (κ2) is 12.3. The first-order valence-corrected chi connectivity index (χ1v) is 24.1. The van der Waals surface area contributed by atoms with E-state index < -0.39 is 0 Å². The van der Waals surface area contributed by atoms with Crippen LogP contribution in [0.3, 0.4) is 0 Å². The molecule has 322 valence electrons. The van der Waals surface area contributed by atoms with Crippen LogP contribution in [-0.2, 0) is 27.1 Å². The fourth-order valence-corrected chi connectivity index (χ4v) is 13.0. The summed E-state index contributed by atoms with van der Waals surface area (Å²) in [6.07, 6.45) is 2.34. The Balaban J connectivity index is 1.29. The smallest absolute Gasteiger partial charge is 0.333 e. The zero-order valence-corrected chi connectivity index (χ0v) is 40.3. The third-order valence-electron chi connectivity index (χ3n) is 16.7. The highest BCUT2D eigenvalue weighted by Gasteiger charge is 2.50. The Hall–Kier alpha value is -6.00. The van der Waals surface area contributed by atoms with Gasteiger partial charge < -0.3 is 13.8 Å². The molecule has 0 atom stereocenters. The van der Waals surface area contributed by atoms with Gasteiger partial charge in [-0.3, -0.25) is 0 Å². The van der Waals surface area contributed by atoms with Crippen molar-refractivity contribution in [1.29, 1.82) is 0 Å². The van der Waals surface area contributed by atoms with E-state index >= 15 is 0 Å². The molecular weight excluding hydrogens is 787 g/mol. The summed E-state index contributed by atoms with van der Waals surface area (Å²) in [6, 6.07) is 45.1. The molecule has 0 saturated heterocycles. The zero-order valence-electron chi connectivity index (χ0n) is 40.3. The lowest BCUT2D eigenvalue weighted by Gasteiger charge is -2.43. The summed E-state index contributed by atoms with van der Waals surface area (Å²) in [5.41, 5.74) is 24.9. The summed E-state index contributed by atoms with van der Waals surface area (Å²) in [5.74, 6) is 0. The number of furan rings is 1. The lowest BCUT2D eigenvalue weighted by atomic mass is 9.43. The third kappa shape index (κ3) is 5.04. The lowest BCUT2D eigenvalue weighted by Crippen LogP contribution is -2.60. The first kappa shape index (κ1) is 39.4. The highest BCUT2D eigenvalue weighted by Crippen LogP contribution is 2.60. The lowest BCUT2D eigenvalue weighted by molar-refractivity contribution is 0.332. The minimum Gasteiger partial charge on any atom is -0.456 e. The number of para-hydroxylation sites is 1. The van der Waals surface area contributed by atoms with E-state index in [9.17, 15) is 0 Å². The molecule has 9 aromatic rings. The molecule has 13 rings (SSSR count). The highest BCUT2D eigenvalue weighted by molar-refractivity contribution is 6.94. The van der Waals surface area contributed by atoms with Crippen molar-refractivity contribution in [1.82, 2.24) is 4.57 Å². The molecule has 4 aliphatic rings. The minimum atomic E-state index is -0.245. The van der Waals surface area contributed by atoms with E-state index in [0.717, 1.165) is 16.6 Å². The Morgan fingerprint density at radius 1 is 0.554 bits per heavy atom. The average molecular weight is 847 g/mol. The van der Waals surface area contributed by atoms with Gasteiger partial charge in [0.15, 0.2) is 0 Å². The van der Waals surface area contributed by atoms with Crippen molar-refractivity contribution in [2.45, 2.75) is 123 Å². The Morgan fingerprint density at radius 2 is 1.22 bits per heavy atom.